The fraction of sp³-hybridized carbons (Fsp3) is 0.500. The van der Waals surface area contributed by atoms with Crippen LogP contribution in [-0.2, 0) is 14.3 Å². The molecule has 0 bridgehead atoms. The number of ether oxygens (including phenoxy) is 3. The highest BCUT2D eigenvalue weighted by molar-refractivity contribution is 5.83. The van der Waals surface area contributed by atoms with E-state index >= 15 is 0 Å². The van der Waals surface area contributed by atoms with E-state index in [-0.39, 0.29) is 18.2 Å². The summed E-state index contributed by atoms with van der Waals surface area (Å²) in [6.45, 7) is 1.78. The van der Waals surface area contributed by atoms with Crippen LogP contribution in [0.2, 0.25) is 0 Å². The van der Waals surface area contributed by atoms with E-state index in [1.807, 2.05) is 24.3 Å². The monoisotopic (exact) mass is 248 g/mol. The van der Waals surface area contributed by atoms with Crippen LogP contribution in [0.4, 0.5) is 0 Å². The maximum absolute atomic E-state index is 11.9. The minimum absolute atomic E-state index is 0.120. The van der Waals surface area contributed by atoms with Crippen LogP contribution in [-0.4, -0.2) is 24.8 Å². The Balaban J connectivity index is 1.68. The van der Waals surface area contributed by atoms with Gasteiger partial charge in [-0.25, -0.2) is 4.79 Å². The summed E-state index contributed by atoms with van der Waals surface area (Å²) in [5.74, 6) is 0.549. The van der Waals surface area contributed by atoms with Gasteiger partial charge in [0.15, 0.2) is 5.60 Å². The van der Waals surface area contributed by atoms with Crippen molar-refractivity contribution < 1.29 is 19.0 Å². The highest BCUT2D eigenvalue weighted by Crippen LogP contribution is 2.51. The number of esters is 1. The van der Waals surface area contributed by atoms with Crippen LogP contribution < -0.4 is 4.74 Å². The second kappa shape index (κ2) is 3.99. The molecule has 2 unspecified atom stereocenters. The number of carbonyl (C=O) groups excluding carboxylic acids is 1. The maximum atomic E-state index is 11.9. The first-order chi connectivity index (χ1) is 8.63. The first-order valence-corrected chi connectivity index (χ1v) is 6.16. The van der Waals surface area contributed by atoms with Gasteiger partial charge in [-0.15, -0.1) is 0 Å². The lowest BCUT2D eigenvalue weighted by Crippen LogP contribution is -2.25. The molecule has 0 N–H and O–H groups in total. The van der Waals surface area contributed by atoms with Crippen LogP contribution in [0.15, 0.2) is 24.3 Å². The van der Waals surface area contributed by atoms with Crippen LogP contribution >= 0.6 is 0 Å². The molecule has 1 aliphatic carbocycles. The van der Waals surface area contributed by atoms with Crippen LogP contribution in [0, 0.1) is 0 Å². The first kappa shape index (κ1) is 11.5. The van der Waals surface area contributed by atoms with Crippen molar-refractivity contribution in [1.29, 1.82) is 0 Å². The van der Waals surface area contributed by atoms with Gasteiger partial charge in [-0.2, -0.15) is 0 Å². The smallest absolute Gasteiger partial charge is 0.341 e. The minimum atomic E-state index is -0.808. The fourth-order valence-electron chi connectivity index (χ4n) is 1.99. The first-order valence-electron chi connectivity index (χ1n) is 6.16. The van der Waals surface area contributed by atoms with Gasteiger partial charge in [0.2, 0.25) is 0 Å². The Bertz CT molecular complexity index is 463. The van der Waals surface area contributed by atoms with Gasteiger partial charge in [0.25, 0.3) is 0 Å². The largest absolute Gasteiger partial charge is 0.497 e. The predicted molar refractivity (Wildman–Crippen MR) is 64.3 cm³/mol. The SMILES string of the molecule is COc1ccc(C2OC2(C)C(=O)OC2CC2)cc1. The second-order valence-electron chi connectivity index (χ2n) is 4.98. The standard InChI is InChI=1S/C14H16O4/c1-14(13(15)17-11-7-8-11)12(18-14)9-3-5-10(16-2)6-4-9/h3-6,11-12H,7-8H2,1-2H3. The van der Waals surface area contributed by atoms with E-state index in [2.05, 4.69) is 0 Å². The Hall–Kier alpha value is -1.55. The Morgan fingerprint density at radius 2 is 2.00 bits per heavy atom. The number of hydrogen-bond acceptors (Lipinski definition) is 4. The van der Waals surface area contributed by atoms with Crippen LogP contribution in [0.3, 0.4) is 0 Å². The molecule has 0 spiro atoms. The molecular formula is C14H16O4. The summed E-state index contributed by atoms with van der Waals surface area (Å²) >= 11 is 0. The molecule has 0 aromatic heterocycles. The highest BCUT2D eigenvalue weighted by Gasteiger charge is 2.61. The third kappa shape index (κ3) is 1.97. The van der Waals surface area contributed by atoms with Crippen LogP contribution in [0.25, 0.3) is 0 Å². The number of methoxy groups -OCH3 is 1. The Kier molecular flexibility index (Phi) is 2.55. The van der Waals surface area contributed by atoms with E-state index in [1.54, 1.807) is 14.0 Å². The van der Waals surface area contributed by atoms with Gasteiger partial charge in [-0.05, 0) is 37.5 Å². The number of carbonyl (C=O) groups is 1. The molecule has 18 heavy (non-hydrogen) atoms. The van der Waals surface area contributed by atoms with Crippen molar-refractivity contribution in [2.24, 2.45) is 0 Å². The summed E-state index contributed by atoms with van der Waals surface area (Å²) in [5.41, 5.74) is 0.169. The van der Waals surface area contributed by atoms with Crippen LogP contribution in [0.1, 0.15) is 31.4 Å². The van der Waals surface area contributed by atoms with Crippen molar-refractivity contribution in [3.05, 3.63) is 29.8 Å². The van der Waals surface area contributed by atoms with Crippen molar-refractivity contribution >= 4 is 5.97 Å². The van der Waals surface area contributed by atoms with Crippen molar-refractivity contribution in [3.8, 4) is 5.75 Å². The number of rotatable bonds is 4. The Morgan fingerprint density at radius 3 is 2.56 bits per heavy atom. The highest BCUT2D eigenvalue weighted by atomic mass is 16.7. The molecule has 1 heterocycles. The maximum Gasteiger partial charge on any atom is 0.341 e. The lowest BCUT2D eigenvalue weighted by Gasteiger charge is -2.07. The third-order valence-corrected chi connectivity index (χ3v) is 3.43. The normalized spacial score (nSPS) is 29.8. The molecule has 2 fully saturated rings. The average molecular weight is 248 g/mol. The second-order valence-corrected chi connectivity index (χ2v) is 4.98. The van der Waals surface area contributed by atoms with E-state index in [0.717, 1.165) is 24.2 Å². The van der Waals surface area contributed by atoms with Crippen molar-refractivity contribution in [3.63, 3.8) is 0 Å². The summed E-state index contributed by atoms with van der Waals surface area (Å²) in [7, 11) is 1.62. The fourth-order valence-corrected chi connectivity index (χ4v) is 1.99. The van der Waals surface area contributed by atoms with Crippen LogP contribution in [0.5, 0.6) is 5.75 Å². The van der Waals surface area contributed by atoms with E-state index in [4.69, 9.17) is 14.2 Å². The van der Waals surface area contributed by atoms with Gasteiger partial charge >= 0.3 is 5.97 Å². The average Bonchev–Trinajstić information content (AvgIpc) is 3.28. The molecule has 2 aliphatic rings. The lowest BCUT2D eigenvalue weighted by atomic mass is 10.0. The number of epoxide rings is 1. The van der Waals surface area contributed by atoms with Crippen molar-refractivity contribution in [2.45, 2.75) is 37.6 Å². The van der Waals surface area contributed by atoms with E-state index in [0.29, 0.717) is 0 Å². The van der Waals surface area contributed by atoms with E-state index in [1.165, 1.54) is 0 Å². The predicted octanol–water partition coefficient (Wildman–Crippen LogP) is 2.23. The topological polar surface area (TPSA) is 48.1 Å². The van der Waals surface area contributed by atoms with Gasteiger partial charge in [0.1, 0.15) is 18.0 Å². The zero-order valence-corrected chi connectivity index (χ0v) is 10.5. The molecule has 96 valence electrons. The lowest BCUT2D eigenvalue weighted by molar-refractivity contribution is -0.150. The van der Waals surface area contributed by atoms with Crippen molar-refractivity contribution in [1.82, 2.24) is 0 Å². The summed E-state index contributed by atoms with van der Waals surface area (Å²) in [6, 6.07) is 7.56. The van der Waals surface area contributed by atoms with Gasteiger partial charge in [0.05, 0.1) is 7.11 Å². The van der Waals surface area contributed by atoms with Gasteiger partial charge in [-0.3, -0.25) is 0 Å². The molecule has 4 nitrogen and oxygen atoms in total. The number of hydrogen-bond donors (Lipinski definition) is 0. The summed E-state index contributed by atoms with van der Waals surface area (Å²) in [6.07, 6.45) is 1.88. The Morgan fingerprint density at radius 1 is 1.33 bits per heavy atom. The summed E-state index contributed by atoms with van der Waals surface area (Å²) < 4.78 is 15.9. The molecule has 1 saturated heterocycles. The van der Waals surface area contributed by atoms with E-state index in [9.17, 15) is 4.79 Å². The molecule has 1 saturated carbocycles. The molecule has 1 aliphatic heterocycles. The molecular weight excluding hydrogens is 232 g/mol. The van der Waals surface area contributed by atoms with Gasteiger partial charge < -0.3 is 14.2 Å². The molecule has 1 aromatic carbocycles. The third-order valence-electron chi connectivity index (χ3n) is 3.43. The molecule has 3 rings (SSSR count). The molecule has 0 amide bonds. The Labute approximate surface area is 106 Å². The molecule has 4 heteroatoms. The minimum Gasteiger partial charge on any atom is -0.497 e. The van der Waals surface area contributed by atoms with E-state index < -0.39 is 5.60 Å². The van der Waals surface area contributed by atoms with Crippen molar-refractivity contribution in [2.75, 3.05) is 7.11 Å². The quantitative estimate of drug-likeness (QED) is 0.605. The summed E-state index contributed by atoms with van der Waals surface area (Å²) in [5, 5.41) is 0. The zero-order valence-electron chi connectivity index (χ0n) is 10.5. The number of benzene rings is 1. The molecule has 1 aromatic rings. The van der Waals surface area contributed by atoms with Gasteiger partial charge in [-0.1, -0.05) is 12.1 Å². The molecule has 0 radical (unpaired) electrons. The molecule has 2 atom stereocenters. The zero-order chi connectivity index (χ0) is 12.8. The summed E-state index contributed by atoms with van der Waals surface area (Å²) in [4.78, 5) is 11.9. The van der Waals surface area contributed by atoms with Gasteiger partial charge in [0, 0.05) is 0 Å².